The monoisotopic (exact) mass is 494 g/mol. The Bertz CT molecular complexity index is 1450. The van der Waals surface area contributed by atoms with Gasteiger partial charge in [0, 0.05) is 11.8 Å². The highest BCUT2D eigenvalue weighted by atomic mass is 35.5. The van der Waals surface area contributed by atoms with Crippen molar-refractivity contribution in [2.75, 3.05) is 0 Å². The number of hydrogen-bond acceptors (Lipinski definition) is 6. The van der Waals surface area contributed by atoms with Crippen molar-refractivity contribution in [2.45, 2.75) is 39.9 Å². The smallest absolute Gasteiger partial charge is 0.280 e. The molecular weight excluding hydrogens is 471 g/mol. The second-order valence-corrected chi connectivity index (χ2v) is 9.04. The van der Waals surface area contributed by atoms with E-state index in [0.717, 1.165) is 11.1 Å². The summed E-state index contributed by atoms with van der Waals surface area (Å²) in [7, 11) is 0. The van der Waals surface area contributed by atoms with Crippen LogP contribution in [-0.4, -0.2) is 24.6 Å². The standard InChI is InChI=1S/C26H24ClFN4O3/c1-15-5-8-18(20-11-12-29-25(31-20)26(3,4)34)13-21(15)32-16(2)30-23(22(27)24(32)33)35-14-17-6-9-19(28)10-7-17/h5-13,34H,14H2,1-4H3. The molecule has 0 atom stereocenters. The van der Waals surface area contributed by atoms with Crippen molar-refractivity contribution in [1.82, 2.24) is 19.5 Å². The SMILES string of the molecule is Cc1ccc(-c2ccnc(C(C)(C)O)n2)cc1-n1c(C)nc(OCc2ccc(F)cc2)c(Cl)c1=O. The Morgan fingerprint density at radius 3 is 2.49 bits per heavy atom. The van der Waals surface area contributed by atoms with Crippen molar-refractivity contribution in [1.29, 1.82) is 0 Å². The molecule has 0 aliphatic heterocycles. The van der Waals surface area contributed by atoms with Gasteiger partial charge in [-0.2, -0.15) is 4.98 Å². The summed E-state index contributed by atoms with van der Waals surface area (Å²) in [5.74, 6) is 0.333. The highest BCUT2D eigenvalue weighted by Gasteiger charge is 2.21. The third kappa shape index (κ3) is 5.23. The van der Waals surface area contributed by atoms with Crippen molar-refractivity contribution in [3.63, 3.8) is 0 Å². The van der Waals surface area contributed by atoms with E-state index in [1.807, 2.05) is 25.1 Å². The summed E-state index contributed by atoms with van der Waals surface area (Å²) in [5, 5.41) is 10.1. The average molecular weight is 495 g/mol. The van der Waals surface area contributed by atoms with Gasteiger partial charge in [0.15, 0.2) is 10.8 Å². The van der Waals surface area contributed by atoms with E-state index >= 15 is 0 Å². The van der Waals surface area contributed by atoms with Crippen molar-refractivity contribution in [3.8, 4) is 22.8 Å². The van der Waals surface area contributed by atoms with Crippen molar-refractivity contribution in [2.24, 2.45) is 0 Å². The minimum absolute atomic E-state index is 0.00849. The van der Waals surface area contributed by atoms with Gasteiger partial charge in [0.25, 0.3) is 5.56 Å². The summed E-state index contributed by atoms with van der Waals surface area (Å²) < 4.78 is 20.2. The number of aryl methyl sites for hydroxylation is 2. The van der Waals surface area contributed by atoms with Crippen molar-refractivity contribution >= 4 is 11.6 Å². The second-order valence-electron chi connectivity index (χ2n) is 8.66. The number of rotatable bonds is 6. The van der Waals surface area contributed by atoms with Crippen LogP contribution in [0.1, 0.15) is 36.6 Å². The van der Waals surface area contributed by atoms with Crippen LogP contribution < -0.4 is 10.3 Å². The molecule has 4 aromatic rings. The molecule has 35 heavy (non-hydrogen) atoms. The van der Waals surface area contributed by atoms with E-state index in [1.165, 1.54) is 16.7 Å². The number of hydrogen-bond donors (Lipinski definition) is 1. The van der Waals surface area contributed by atoms with E-state index in [2.05, 4.69) is 15.0 Å². The molecule has 0 aliphatic carbocycles. The molecule has 2 heterocycles. The van der Waals surface area contributed by atoms with Gasteiger partial charge in [-0.1, -0.05) is 35.9 Å². The number of ether oxygens (including phenoxy) is 1. The molecule has 7 nitrogen and oxygen atoms in total. The van der Waals surface area contributed by atoms with Crippen molar-refractivity contribution in [3.05, 3.63) is 98.7 Å². The van der Waals surface area contributed by atoms with Crippen LogP contribution in [0.3, 0.4) is 0 Å². The van der Waals surface area contributed by atoms with Gasteiger partial charge in [-0.3, -0.25) is 9.36 Å². The zero-order chi connectivity index (χ0) is 25.3. The first-order valence-corrected chi connectivity index (χ1v) is 11.3. The predicted molar refractivity (Wildman–Crippen MR) is 131 cm³/mol. The third-order valence-corrected chi connectivity index (χ3v) is 5.73. The zero-order valence-corrected chi connectivity index (χ0v) is 20.5. The summed E-state index contributed by atoms with van der Waals surface area (Å²) in [5.41, 5.74) is 1.79. The number of aromatic nitrogens is 4. The maximum absolute atomic E-state index is 13.3. The van der Waals surface area contributed by atoms with Gasteiger partial charge in [0.2, 0.25) is 5.88 Å². The summed E-state index contributed by atoms with van der Waals surface area (Å²) >= 11 is 6.36. The number of benzene rings is 2. The molecule has 0 saturated carbocycles. The van der Waals surface area contributed by atoms with Crippen LogP contribution in [0.5, 0.6) is 5.88 Å². The first kappa shape index (κ1) is 24.5. The van der Waals surface area contributed by atoms with E-state index in [-0.39, 0.29) is 29.2 Å². The van der Waals surface area contributed by atoms with E-state index in [4.69, 9.17) is 16.3 Å². The molecule has 0 radical (unpaired) electrons. The van der Waals surface area contributed by atoms with Gasteiger partial charge in [0.1, 0.15) is 23.8 Å². The molecular formula is C26H24ClFN4O3. The second kappa shape index (κ2) is 9.56. The van der Waals surface area contributed by atoms with E-state index in [0.29, 0.717) is 22.8 Å². The molecule has 1 N–H and O–H groups in total. The summed E-state index contributed by atoms with van der Waals surface area (Å²) in [6, 6.07) is 13.1. The van der Waals surface area contributed by atoms with Crippen LogP contribution in [0.2, 0.25) is 5.02 Å². The van der Waals surface area contributed by atoms with E-state index in [1.54, 1.807) is 45.2 Å². The van der Waals surface area contributed by atoms with Gasteiger partial charge in [0.05, 0.1) is 11.4 Å². The minimum Gasteiger partial charge on any atom is -0.472 e. The lowest BCUT2D eigenvalue weighted by atomic mass is 10.1. The van der Waals surface area contributed by atoms with E-state index < -0.39 is 11.2 Å². The fourth-order valence-corrected chi connectivity index (χ4v) is 3.70. The lowest BCUT2D eigenvalue weighted by Gasteiger charge is -2.17. The zero-order valence-electron chi connectivity index (χ0n) is 19.7. The molecule has 0 unspecified atom stereocenters. The predicted octanol–water partition coefficient (Wildman–Crippen LogP) is 4.91. The molecule has 9 heteroatoms. The molecule has 0 bridgehead atoms. The topological polar surface area (TPSA) is 90.1 Å². The minimum atomic E-state index is -1.20. The Morgan fingerprint density at radius 2 is 1.80 bits per heavy atom. The van der Waals surface area contributed by atoms with Gasteiger partial charge < -0.3 is 9.84 Å². The summed E-state index contributed by atoms with van der Waals surface area (Å²) in [6.07, 6.45) is 1.58. The lowest BCUT2D eigenvalue weighted by molar-refractivity contribution is 0.0688. The van der Waals surface area contributed by atoms with Crippen molar-refractivity contribution < 1.29 is 14.2 Å². The Balaban J connectivity index is 1.72. The molecule has 2 aromatic carbocycles. The quantitative estimate of drug-likeness (QED) is 0.410. The highest BCUT2D eigenvalue weighted by Crippen LogP contribution is 2.27. The third-order valence-electron chi connectivity index (χ3n) is 5.40. The molecule has 0 spiro atoms. The van der Waals surface area contributed by atoms with Crippen LogP contribution in [0.25, 0.3) is 16.9 Å². The lowest BCUT2D eigenvalue weighted by Crippen LogP contribution is -2.24. The number of halogens is 2. The van der Waals surface area contributed by atoms with Crippen LogP contribution in [0, 0.1) is 19.7 Å². The Kier molecular flexibility index (Phi) is 6.69. The average Bonchev–Trinajstić information content (AvgIpc) is 2.82. The first-order chi connectivity index (χ1) is 16.5. The molecule has 0 amide bonds. The fourth-order valence-electron chi connectivity index (χ4n) is 3.52. The van der Waals surface area contributed by atoms with Gasteiger partial charge in [-0.15, -0.1) is 0 Å². The number of aliphatic hydroxyl groups is 1. The molecule has 0 aliphatic rings. The largest absolute Gasteiger partial charge is 0.472 e. The van der Waals surface area contributed by atoms with Crippen LogP contribution >= 0.6 is 11.6 Å². The van der Waals surface area contributed by atoms with Gasteiger partial charge in [-0.25, -0.2) is 14.4 Å². The Morgan fingerprint density at radius 1 is 1.09 bits per heavy atom. The first-order valence-electron chi connectivity index (χ1n) is 10.9. The highest BCUT2D eigenvalue weighted by molar-refractivity contribution is 6.31. The summed E-state index contributed by atoms with van der Waals surface area (Å²) in [6.45, 7) is 6.87. The van der Waals surface area contributed by atoms with E-state index in [9.17, 15) is 14.3 Å². The summed E-state index contributed by atoms with van der Waals surface area (Å²) in [4.78, 5) is 26.3. The maximum Gasteiger partial charge on any atom is 0.280 e. The normalized spacial score (nSPS) is 11.5. The Labute approximate surface area is 206 Å². The van der Waals surface area contributed by atoms with Crippen LogP contribution in [0.4, 0.5) is 4.39 Å². The molecule has 0 fully saturated rings. The van der Waals surface area contributed by atoms with Crippen LogP contribution in [-0.2, 0) is 12.2 Å². The molecule has 4 rings (SSSR count). The van der Waals surface area contributed by atoms with Gasteiger partial charge in [-0.05, 0) is 63.1 Å². The molecule has 0 saturated heterocycles. The maximum atomic E-state index is 13.3. The Hall–Kier alpha value is -3.62. The number of nitrogens with zero attached hydrogens (tertiary/aromatic N) is 4. The van der Waals surface area contributed by atoms with Crippen LogP contribution in [0.15, 0.2) is 59.5 Å². The molecule has 180 valence electrons. The van der Waals surface area contributed by atoms with Gasteiger partial charge >= 0.3 is 0 Å². The fraction of sp³-hybridized carbons (Fsp3) is 0.231. The molecule has 2 aromatic heterocycles.